The number of hydrogen-bond acceptors (Lipinski definition) is 1. The standard InChI is InChI=1S/C34H36N2/c1-4-13-24(14-5-1)26-20-12-21-27(25-15-6-2-7-16-25)33(26)32-23-35-34-30-19-11-10-17-28(30)29-18-8-3-9-22-31(29)36(32)34/h3,8,10-12,17-25H,1-2,4-7,9,13-16H2. The molecule has 2 nitrogen and oxygen atoms in total. The minimum Gasteiger partial charge on any atom is -0.292 e. The molecule has 3 aliphatic carbocycles. The van der Waals surface area contributed by atoms with Crippen LogP contribution in [0.3, 0.4) is 0 Å². The fourth-order valence-corrected chi connectivity index (χ4v) is 7.32. The zero-order chi connectivity index (χ0) is 23.9. The van der Waals surface area contributed by atoms with Gasteiger partial charge >= 0.3 is 0 Å². The van der Waals surface area contributed by atoms with Gasteiger partial charge in [-0.2, -0.15) is 0 Å². The monoisotopic (exact) mass is 472 g/mol. The molecule has 0 unspecified atom stereocenters. The highest BCUT2D eigenvalue weighted by atomic mass is 15.0. The van der Waals surface area contributed by atoms with E-state index in [1.165, 1.54) is 96.8 Å². The van der Waals surface area contributed by atoms with E-state index in [1.807, 2.05) is 0 Å². The van der Waals surface area contributed by atoms with Crippen LogP contribution in [0, 0.1) is 0 Å². The van der Waals surface area contributed by atoms with Crippen molar-refractivity contribution in [3.8, 4) is 11.3 Å². The van der Waals surface area contributed by atoms with Crippen molar-refractivity contribution < 1.29 is 0 Å². The SMILES string of the molecule is C1=CCC=c2c(c3ccccc3c3ncc(-c4c(C5CCCCC5)cccc4C4CCCCC4)n23)=C1. The summed E-state index contributed by atoms with van der Waals surface area (Å²) in [5.41, 5.74) is 7.07. The van der Waals surface area contributed by atoms with Gasteiger partial charge in [-0.3, -0.25) is 4.40 Å². The molecule has 0 aliphatic heterocycles. The summed E-state index contributed by atoms with van der Waals surface area (Å²) in [6, 6.07) is 16.1. The normalized spacial score (nSPS) is 19.1. The highest BCUT2D eigenvalue weighted by Crippen LogP contribution is 2.44. The number of hydrogen-bond donors (Lipinski definition) is 0. The summed E-state index contributed by atoms with van der Waals surface area (Å²) in [6.07, 6.45) is 25.9. The van der Waals surface area contributed by atoms with E-state index in [2.05, 4.69) is 77.4 Å². The molecule has 3 aliphatic rings. The Morgan fingerprint density at radius 1 is 0.722 bits per heavy atom. The molecular weight excluding hydrogens is 436 g/mol. The molecule has 2 aromatic heterocycles. The van der Waals surface area contributed by atoms with E-state index in [0.717, 1.165) is 12.1 Å². The number of benzene rings is 2. The second-order valence-corrected chi connectivity index (χ2v) is 11.2. The Morgan fingerprint density at radius 3 is 2.08 bits per heavy atom. The van der Waals surface area contributed by atoms with Crippen LogP contribution in [0.25, 0.3) is 39.8 Å². The van der Waals surface area contributed by atoms with Crippen LogP contribution in [-0.4, -0.2) is 9.38 Å². The summed E-state index contributed by atoms with van der Waals surface area (Å²) in [6.45, 7) is 0. The topological polar surface area (TPSA) is 17.3 Å². The van der Waals surface area contributed by atoms with Gasteiger partial charge in [-0.1, -0.05) is 105 Å². The summed E-state index contributed by atoms with van der Waals surface area (Å²) in [4.78, 5) is 5.14. The number of imidazole rings is 1. The first-order valence-corrected chi connectivity index (χ1v) is 14.3. The van der Waals surface area contributed by atoms with E-state index in [-0.39, 0.29) is 0 Å². The number of allylic oxidation sites excluding steroid dienone is 2. The average Bonchev–Trinajstić information content (AvgIpc) is 3.24. The van der Waals surface area contributed by atoms with E-state index < -0.39 is 0 Å². The lowest BCUT2D eigenvalue weighted by Gasteiger charge is -2.29. The first kappa shape index (κ1) is 22.1. The molecule has 0 spiro atoms. The summed E-state index contributed by atoms with van der Waals surface area (Å²) in [5, 5.41) is 5.17. The van der Waals surface area contributed by atoms with Crippen molar-refractivity contribution in [3.05, 3.63) is 82.5 Å². The van der Waals surface area contributed by atoms with Crippen LogP contribution in [0.1, 0.15) is 93.6 Å². The lowest BCUT2D eigenvalue weighted by atomic mass is 9.76. The smallest absolute Gasteiger partial charge is 0.145 e. The molecule has 0 saturated heterocycles. The molecule has 2 aromatic carbocycles. The molecule has 0 amide bonds. The van der Waals surface area contributed by atoms with Crippen LogP contribution in [0.15, 0.2) is 60.8 Å². The highest BCUT2D eigenvalue weighted by molar-refractivity contribution is 5.96. The molecule has 4 aromatic rings. The molecule has 0 N–H and O–H groups in total. The Balaban J connectivity index is 1.57. The van der Waals surface area contributed by atoms with Crippen LogP contribution in [0.2, 0.25) is 0 Å². The summed E-state index contributed by atoms with van der Waals surface area (Å²) < 4.78 is 2.51. The molecule has 2 heterocycles. The molecular formula is C34H36N2. The predicted molar refractivity (Wildman–Crippen MR) is 152 cm³/mol. The van der Waals surface area contributed by atoms with Crippen LogP contribution >= 0.6 is 0 Å². The summed E-state index contributed by atoms with van der Waals surface area (Å²) in [5.74, 6) is 1.33. The van der Waals surface area contributed by atoms with Gasteiger partial charge in [-0.25, -0.2) is 4.98 Å². The number of nitrogens with zero attached hydrogens (tertiary/aromatic N) is 2. The number of rotatable bonds is 3. The molecule has 182 valence electrons. The minimum absolute atomic E-state index is 0.666. The maximum Gasteiger partial charge on any atom is 0.145 e. The van der Waals surface area contributed by atoms with Gasteiger partial charge in [0.2, 0.25) is 0 Å². The first-order valence-electron chi connectivity index (χ1n) is 14.3. The zero-order valence-electron chi connectivity index (χ0n) is 21.3. The molecule has 0 radical (unpaired) electrons. The van der Waals surface area contributed by atoms with Crippen LogP contribution < -0.4 is 10.6 Å². The average molecular weight is 473 g/mol. The summed E-state index contributed by atoms with van der Waals surface area (Å²) >= 11 is 0. The lowest BCUT2D eigenvalue weighted by molar-refractivity contribution is 0.436. The van der Waals surface area contributed by atoms with Crippen molar-refractivity contribution in [1.82, 2.24) is 9.38 Å². The van der Waals surface area contributed by atoms with E-state index in [0.29, 0.717) is 11.8 Å². The van der Waals surface area contributed by atoms with Crippen molar-refractivity contribution in [2.45, 2.75) is 82.5 Å². The fourth-order valence-electron chi connectivity index (χ4n) is 7.32. The van der Waals surface area contributed by atoms with Crippen molar-refractivity contribution >= 4 is 28.6 Å². The van der Waals surface area contributed by atoms with Crippen molar-refractivity contribution in [2.24, 2.45) is 0 Å². The molecule has 36 heavy (non-hydrogen) atoms. The molecule has 2 saturated carbocycles. The van der Waals surface area contributed by atoms with Gasteiger partial charge in [0.25, 0.3) is 0 Å². The van der Waals surface area contributed by atoms with Crippen molar-refractivity contribution in [2.75, 3.05) is 0 Å². The molecule has 0 atom stereocenters. The van der Waals surface area contributed by atoms with E-state index in [1.54, 1.807) is 11.1 Å². The zero-order valence-corrected chi connectivity index (χ0v) is 21.3. The van der Waals surface area contributed by atoms with Gasteiger partial charge in [0.1, 0.15) is 5.65 Å². The Kier molecular flexibility index (Phi) is 5.76. The quantitative estimate of drug-likeness (QED) is 0.298. The van der Waals surface area contributed by atoms with E-state index in [9.17, 15) is 0 Å². The molecule has 0 bridgehead atoms. The first-order chi connectivity index (χ1) is 17.9. The Labute approximate surface area is 214 Å². The number of fused-ring (bicyclic) bond motifs is 6. The minimum atomic E-state index is 0.666. The Morgan fingerprint density at radius 2 is 1.39 bits per heavy atom. The van der Waals surface area contributed by atoms with Gasteiger partial charge in [-0.05, 0) is 60.5 Å². The van der Waals surface area contributed by atoms with Gasteiger partial charge in [-0.15, -0.1) is 0 Å². The third-order valence-electron chi connectivity index (χ3n) is 9.06. The number of aromatic nitrogens is 2. The van der Waals surface area contributed by atoms with Crippen LogP contribution in [0.5, 0.6) is 0 Å². The van der Waals surface area contributed by atoms with Crippen LogP contribution in [-0.2, 0) is 0 Å². The predicted octanol–water partition coefficient (Wildman–Crippen LogP) is 7.77. The Bertz CT molecular complexity index is 1540. The largest absolute Gasteiger partial charge is 0.292 e. The van der Waals surface area contributed by atoms with Crippen molar-refractivity contribution in [3.63, 3.8) is 0 Å². The third kappa shape index (κ3) is 3.65. The second-order valence-electron chi connectivity index (χ2n) is 11.2. The maximum absolute atomic E-state index is 5.14. The third-order valence-corrected chi connectivity index (χ3v) is 9.06. The van der Waals surface area contributed by atoms with Gasteiger partial charge in [0, 0.05) is 16.2 Å². The second kappa shape index (κ2) is 9.39. The maximum atomic E-state index is 5.14. The van der Waals surface area contributed by atoms with E-state index >= 15 is 0 Å². The van der Waals surface area contributed by atoms with Gasteiger partial charge < -0.3 is 0 Å². The highest BCUT2D eigenvalue weighted by Gasteiger charge is 2.27. The fraction of sp³-hybridized carbons (Fsp3) is 0.382. The lowest BCUT2D eigenvalue weighted by Crippen LogP contribution is -2.32. The molecule has 2 fully saturated rings. The molecule has 7 rings (SSSR count). The van der Waals surface area contributed by atoms with Crippen molar-refractivity contribution in [1.29, 1.82) is 0 Å². The number of pyridine rings is 1. The Hall–Kier alpha value is -3.13. The van der Waals surface area contributed by atoms with Crippen LogP contribution in [0.4, 0.5) is 0 Å². The van der Waals surface area contributed by atoms with Gasteiger partial charge in [0.15, 0.2) is 0 Å². The van der Waals surface area contributed by atoms with Gasteiger partial charge in [0.05, 0.1) is 17.2 Å². The summed E-state index contributed by atoms with van der Waals surface area (Å²) in [7, 11) is 0. The molecule has 2 heteroatoms. The van der Waals surface area contributed by atoms with E-state index in [4.69, 9.17) is 4.98 Å².